The predicted octanol–water partition coefficient (Wildman–Crippen LogP) is 3.49. The molecule has 5 rings (SSSR count). The van der Waals surface area contributed by atoms with Crippen LogP contribution >= 0.6 is 0 Å². The Morgan fingerprint density at radius 2 is 1.85 bits per heavy atom. The van der Waals surface area contributed by atoms with E-state index in [1.54, 1.807) is 10.6 Å². The quantitative estimate of drug-likeness (QED) is 0.365. The Morgan fingerprint density at radius 3 is 2.49 bits per heavy atom. The third kappa shape index (κ3) is 5.38. The summed E-state index contributed by atoms with van der Waals surface area (Å²) < 4.78 is 31.2. The number of anilines is 3. The van der Waals surface area contributed by atoms with Crippen molar-refractivity contribution in [1.29, 1.82) is 5.26 Å². The Labute approximate surface area is 221 Å². The van der Waals surface area contributed by atoms with E-state index in [0.29, 0.717) is 49.8 Å². The lowest BCUT2D eigenvalue weighted by Crippen LogP contribution is -2.44. The molecule has 2 fully saturated rings. The molecule has 0 bridgehead atoms. The van der Waals surface area contributed by atoms with Gasteiger partial charge < -0.3 is 26.4 Å². The number of amides is 2. The lowest BCUT2D eigenvalue weighted by atomic mass is 9.85. The van der Waals surface area contributed by atoms with Crippen LogP contribution in [0.3, 0.4) is 0 Å². The van der Waals surface area contributed by atoms with E-state index in [1.165, 1.54) is 11.1 Å². The van der Waals surface area contributed by atoms with Gasteiger partial charge in [0.1, 0.15) is 11.2 Å². The average Bonchev–Trinajstić information content (AvgIpc) is 3.28. The molecule has 14 heteroatoms. The summed E-state index contributed by atoms with van der Waals surface area (Å²) in [5.41, 5.74) is 5.68. The maximum atomic E-state index is 14.7. The van der Waals surface area contributed by atoms with Crippen LogP contribution in [0.25, 0.3) is 11.2 Å². The molecule has 12 nitrogen and oxygen atoms in total. The Kier molecular flexibility index (Phi) is 7.14. The predicted molar refractivity (Wildman–Crippen MR) is 136 cm³/mol. The third-order valence-corrected chi connectivity index (χ3v) is 7.33. The van der Waals surface area contributed by atoms with Gasteiger partial charge in [0, 0.05) is 31.1 Å². The molecule has 2 amide bonds. The lowest BCUT2D eigenvalue weighted by Gasteiger charge is -2.31. The second kappa shape index (κ2) is 10.7. The monoisotopic (exact) mass is 539 g/mol. The summed E-state index contributed by atoms with van der Waals surface area (Å²) in [6, 6.07) is 3.20. The minimum Gasteiger partial charge on any atom is -0.465 e. The Balaban J connectivity index is 1.50. The normalized spacial score (nSPS) is 21.4. The van der Waals surface area contributed by atoms with Crippen LogP contribution < -0.4 is 16.4 Å². The van der Waals surface area contributed by atoms with Gasteiger partial charge in [0.25, 0.3) is 0 Å². The molecule has 5 N–H and O–H groups in total. The molecule has 1 aliphatic carbocycles. The third-order valence-electron chi connectivity index (χ3n) is 7.33. The highest BCUT2D eigenvalue weighted by molar-refractivity contribution is 5.78. The molecule has 1 aliphatic heterocycles. The first-order chi connectivity index (χ1) is 18.7. The number of carboxylic acid groups (broad SMARTS) is 1. The number of benzene rings is 1. The van der Waals surface area contributed by atoms with E-state index in [4.69, 9.17) is 11.0 Å². The molecule has 2 aromatic heterocycles. The van der Waals surface area contributed by atoms with Crippen molar-refractivity contribution in [1.82, 2.24) is 24.4 Å². The van der Waals surface area contributed by atoms with Crippen LogP contribution in [0.15, 0.2) is 18.3 Å². The Bertz CT molecular complexity index is 1440. The summed E-state index contributed by atoms with van der Waals surface area (Å²) in [7, 11) is 0. The maximum absolute atomic E-state index is 14.7. The number of fused-ring (bicyclic) bond motifs is 1. The van der Waals surface area contributed by atoms with Crippen LogP contribution in [0.5, 0.6) is 0 Å². The standard InChI is InChI=1S/C25H27F2N9O3/c26-17-8-13(10-28)9-18(27)20(17)33-24-32-19-11-30-23(31-15-2-1-7-35(12-15)25(38)39)34-22(19)36(24)16-5-3-14(4-6-16)21(29)37/h8-9,11,14-16H,1-7,12H2,(H2,29,37)(H,32,33)(H,38,39)(H,30,31,34)/t14-,15?,16+. The molecule has 1 aromatic carbocycles. The number of hydrogen-bond donors (Lipinski definition) is 4. The van der Waals surface area contributed by atoms with E-state index in [1.807, 2.05) is 0 Å². The summed E-state index contributed by atoms with van der Waals surface area (Å²) in [5.74, 6) is -2.10. The molecule has 0 spiro atoms. The number of carbonyl (C=O) groups is 2. The summed E-state index contributed by atoms with van der Waals surface area (Å²) in [5, 5.41) is 24.3. The molecule has 3 heterocycles. The van der Waals surface area contributed by atoms with E-state index in [2.05, 4.69) is 25.6 Å². The molecule has 1 unspecified atom stereocenters. The number of aromatic nitrogens is 4. The fourth-order valence-electron chi connectivity index (χ4n) is 5.33. The van der Waals surface area contributed by atoms with Crippen molar-refractivity contribution in [2.75, 3.05) is 23.7 Å². The number of nitrogens with zero attached hydrogens (tertiary/aromatic N) is 6. The Morgan fingerprint density at radius 1 is 1.13 bits per heavy atom. The number of hydrogen-bond acceptors (Lipinski definition) is 8. The second-order valence-corrected chi connectivity index (χ2v) is 9.88. The summed E-state index contributed by atoms with van der Waals surface area (Å²) in [6.45, 7) is 0.753. The number of nitrogens with two attached hydrogens (primary N) is 1. The van der Waals surface area contributed by atoms with Crippen molar-refractivity contribution < 1.29 is 23.5 Å². The van der Waals surface area contributed by atoms with Gasteiger partial charge in [-0.1, -0.05) is 0 Å². The van der Waals surface area contributed by atoms with Gasteiger partial charge in [-0.25, -0.2) is 23.5 Å². The SMILES string of the molecule is N#Cc1cc(F)c(Nc2nc3cnc(NC4CCCN(C(=O)O)C4)nc3n2[C@H]2CC[C@@H](C(N)=O)CC2)c(F)c1. The zero-order chi connectivity index (χ0) is 27.7. The van der Waals surface area contributed by atoms with Gasteiger partial charge in [0.2, 0.25) is 17.8 Å². The molecule has 1 saturated carbocycles. The molecule has 1 saturated heterocycles. The van der Waals surface area contributed by atoms with Gasteiger partial charge in [0.05, 0.1) is 17.8 Å². The van der Waals surface area contributed by atoms with Gasteiger partial charge in [-0.15, -0.1) is 0 Å². The van der Waals surface area contributed by atoms with Crippen LogP contribution in [-0.4, -0.2) is 60.7 Å². The molecule has 2 aliphatic rings. The van der Waals surface area contributed by atoms with E-state index >= 15 is 0 Å². The number of primary amides is 1. The maximum Gasteiger partial charge on any atom is 0.407 e. The van der Waals surface area contributed by atoms with Gasteiger partial charge in [-0.3, -0.25) is 9.36 Å². The fraction of sp³-hybridized carbons (Fsp3) is 0.440. The van der Waals surface area contributed by atoms with Crippen LogP contribution in [0.4, 0.5) is 31.2 Å². The van der Waals surface area contributed by atoms with Crippen LogP contribution in [-0.2, 0) is 4.79 Å². The minimum absolute atomic E-state index is 0.135. The number of halogens is 2. The number of carbonyl (C=O) groups excluding carboxylic acids is 1. The van der Waals surface area contributed by atoms with Crippen molar-refractivity contribution >= 4 is 40.7 Å². The highest BCUT2D eigenvalue weighted by atomic mass is 19.1. The minimum atomic E-state index is -0.986. The smallest absolute Gasteiger partial charge is 0.407 e. The van der Waals surface area contributed by atoms with Crippen molar-refractivity contribution in [2.24, 2.45) is 11.7 Å². The molecular weight excluding hydrogens is 512 g/mol. The largest absolute Gasteiger partial charge is 0.465 e. The first-order valence-corrected chi connectivity index (χ1v) is 12.7. The number of nitrogens with one attached hydrogen (secondary N) is 2. The van der Waals surface area contributed by atoms with Gasteiger partial charge in [-0.05, 0) is 50.7 Å². The zero-order valence-corrected chi connectivity index (χ0v) is 20.9. The molecule has 1 atom stereocenters. The molecule has 204 valence electrons. The highest BCUT2D eigenvalue weighted by Gasteiger charge is 2.30. The topological polar surface area (TPSA) is 175 Å². The number of likely N-dealkylation sites (tertiary alicyclic amines) is 1. The van der Waals surface area contributed by atoms with Crippen LogP contribution in [0, 0.1) is 28.9 Å². The number of nitriles is 1. The van der Waals surface area contributed by atoms with Gasteiger partial charge in [-0.2, -0.15) is 10.2 Å². The number of piperidine rings is 1. The fourth-order valence-corrected chi connectivity index (χ4v) is 5.33. The number of imidazole rings is 1. The van der Waals surface area contributed by atoms with Gasteiger partial charge in [0.15, 0.2) is 17.3 Å². The molecular formula is C25H27F2N9O3. The average molecular weight is 540 g/mol. The van der Waals surface area contributed by atoms with E-state index in [9.17, 15) is 23.5 Å². The Hall–Kier alpha value is -4.54. The van der Waals surface area contributed by atoms with Crippen molar-refractivity contribution in [2.45, 2.75) is 50.6 Å². The van der Waals surface area contributed by atoms with Gasteiger partial charge >= 0.3 is 6.09 Å². The van der Waals surface area contributed by atoms with E-state index in [-0.39, 0.29) is 47.9 Å². The van der Waals surface area contributed by atoms with E-state index in [0.717, 1.165) is 18.6 Å². The number of rotatable bonds is 6. The van der Waals surface area contributed by atoms with Crippen molar-refractivity contribution in [3.63, 3.8) is 0 Å². The van der Waals surface area contributed by atoms with Crippen molar-refractivity contribution in [3.05, 3.63) is 35.5 Å². The first kappa shape index (κ1) is 26.1. The van der Waals surface area contributed by atoms with Crippen LogP contribution in [0.1, 0.15) is 50.1 Å². The molecule has 3 aromatic rings. The van der Waals surface area contributed by atoms with Crippen molar-refractivity contribution in [3.8, 4) is 6.07 Å². The summed E-state index contributed by atoms with van der Waals surface area (Å²) in [6.07, 6.45) is 4.16. The van der Waals surface area contributed by atoms with E-state index < -0.39 is 23.4 Å². The second-order valence-electron chi connectivity index (χ2n) is 9.88. The summed E-state index contributed by atoms with van der Waals surface area (Å²) >= 11 is 0. The lowest BCUT2D eigenvalue weighted by molar-refractivity contribution is -0.122. The zero-order valence-electron chi connectivity index (χ0n) is 20.9. The first-order valence-electron chi connectivity index (χ1n) is 12.7. The van der Waals surface area contributed by atoms with Crippen LogP contribution in [0.2, 0.25) is 0 Å². The molecule has 0 radical (unpaired) electrons. The summed E-state index contributed by atoms with van der Waals surface area (Å²) in [4.78, 5) is 37.9. The highest BCUT2D eigenvalue weighted by Crippen LogP contribution is 2.37. The molecule has 39 heavy (non-hydrogen) atoms.